The van der Waals surface area contributed by atoms with Gasteiger partial charge in [0.1, 0.15) is 12.4 Å². The number of urea groups is 1. The lowest BCUT2D eigenvalue weighted by Crippen LogP contribution is -2.53. The summed E-state index contributed by atoms with van der Waals surface area (Å²) in [5.41, 5.74) is 1.60. The second-order valence-electron chi connectivity index (χ2n) is 10.1. The molecular formula is C26H37FN4O2S. The summed E-state index contributed by atoms with van der Waals surface area (Å²) in [6.07, 6.45) is 2.36. The van der Waals surface area contributed by atoms with Crippen LogP contribution < -0.4 is 5.32 Å². The number of nitrogens with one attached hydrogen (secondary N) is 1. The van der Waals surface area contributed by atoms with Gasteiger partial charge in [-0.1, -0.05) is 12.1 Å². The van der Waals surface area contributed by atoms with Crippen LogP contribution in [0.3, 0.4) is 0 Å². The molecule has 0 spiro atoms. The van der Waals surface area contributed by atoms with Crippen molar-refractivity contribution in [2.75, 3.05) is 32.7 Å². The smallest absolute Gasteiger partial charge is 0.318 e. The highest BCUT2D eigenvalue weighted by Gasteiger charge is 2.26. The van der Waals surface area contributed by atoms with Crippen LogP contribution in [0.25, 0.3) is 0 Å². The lowest BCUT2D eigenvalue weighted by Gasteiger charge is -2.31. The molecule has 0 bridgehead atoms. The lowest BCUT2D eigenvalue weighted by atomic mass is 10.1. The fourth-order valence-corrected chi connectivity index (χ4v) is 4.89. The first-order chi connectivity index (χ1) is 16.1. The number of hydrogen-bond donors (Lipinski definition) is 1. The van der Waals surface area contributed by atoms with Crippen LogP contribution in [-0.2, 0) is 17.9 Å². The van der Waals surface area contributed by atoms with E-state index in [-0.39, 0.29) is 24.3 Å². The normalized spacial score (nSPS) is 14.3. The van der Waals surface area contributed by atoms with E-state index in [0.29, 0.717) is 19.6 Å². The Morgan fingerprint density at radius 1 is 1.06 bits per heavy atom. The number of carbonyl (C=O) groups excluding carboxylic acids is 2. The van der Waals surface area contributed by atoms with Crippen LogP contribution in [0.15, 0.2) is 35.7 Å². The van der Waals surface area contributed by atoms with E-state index in [1.54, 1.807) is 33.3 Å². The number of aryl methyl sites for hydroxylation is 1. The number of halogens is 1. The van der Waals surface area contributed by atoms with E-state index < -0.39 is 5.54 Å². The van der Waals surface area contributed by atoms with Crippen LogP contribution in [0.4, 0.5) is 9.18 Å². The van der Waals surface area contributed by atoms with Gasteiger partial charge in [-0.2, -0.15) is 0 Å². The Hall–Kier alpha value is -2.45. The zero-order valence-corrected chi connectivity index (χ0v) is 21.6. The molecule has 1 fully saturated rings. The molecule has 1 aromatic heterocycles. The molecule has 3 amide bonds. The predicted octanol–water partition coefficient (Wildman–Crippen LogP) is 4.63. The van der Waals surface area contributed by atoms with Crippen LogP contribution in [0.1, 0.15) is 49.6 Å². The van der Waals surface area contributed by atoms with Crippen molar-refractivity contribution >= 4 is 23.3 Å². The van der Waals surface area contributed by atoms with Crippen molar-refractivity contribution in [3.8, 4) is 0 Å². The highest BCUT2D eigenvalue weighted by atomic mass is 32.1. The summed E-state index contributed by atoms with van der Waals surface area (Å²) in [7, 11) is 0. The number of amides is 3. The van der Waals surface area contributed by atoms with Gasteiger partial charge < -0.3 is 20.0 Å². The van der Waals surface area contributed by atoms with Crippen LogP contribution in [-0.4, -0.2) is 64.9 Å². The SMILES string of the molecule is Cc1ccsc1CN(Cc1ccc(F)cc1)C(=O)CN(CCN1CCCC1)C(=O)NC(C)(C)C. The highest BCUT2D eigenvalue weighted by Crippen LogP contribution is 2.20. The molecule has 6 nitrogen and oxygen atoms in total. The molecule has 0 saturated carbocycles. The van der Waals surface area contributed by atoms with E-state index in [1.807, 2.05) is 39.1 Å². The molecule has 1 aliphatic heterocycles. The summed E-state index contributed by atoms with van der Waals surface area (Å²) in [4.78, 5) is 33.5. The minimum absolute atomic E-state index is 0.00136. The lowest BCUT2D eigenvalue weighted by molar-refractivity contribution is -0.133. The fraction of sp³-hybridized carbons (Fsp3) is 0.538. The van der Waals surface area contributed by atoms with E-state index in [4.69, 9.17) is 0 Å². The third-order valence-electron chi connectivity index (χ3n) is 5.92. The summed E-state index contributed by atoms with van der Waals surface area (Å²) in [5, 5.41) is 5.03. The van der Waals surface area contributed by atoms with Gasteiger partial charge in [0, 0.05) is 30.1 Å². The summed E-state index contributed by atoms with van der Waals surface area (Å²) in [5.74, 6) is -0.426. The monoisotopic (exact) mass is 488 g/mol. The summed E-state index contributed by atoms with van der Waals surface area (Å²) in [6, 6.07) is 8.04. The maximum absolute atomic E-state index is 13.5. The maximum Gasteiger partial charge on any atom is 0.318 e. The summed E-state index contributed by atoms with van der Waals surface area (Å²) < 4.78 is 13.4. The van der Waals surface area contributed by atoms with Gasteiger partial charge in [-0.3, -0.25) is 4.79 Å². The molecule has 2 aromatic rings. The van der Waals surface area contributed by atoms with E-state index in [1.165, 1.54) is 25.0 Å². The van der Waals surface area contributed by atoms with Gasteiger partial charge in [0.25, 0.3) is 0 Å². The van der Waals surface area contributed by atoms with Gasteiger partial charge in [-0.25, -0.2) is 9.18 Å². The van der Waals surface area contributed by atoms with Crippen molar-refractivity contribution in [1.82, 2.24) is 20.0 Å². The van der Waals surface area contributed by atoms with Crippen molar-refractivity contribution in [3.05, 3.63) is 57.5 Å². The molecule has 3 rings (SSSR count). The first kappa shape index (κ1) is 26.2. The standard InChI is InChI=1S/C26H37FN4O2S/c1-20-11-16-34-23(20)18-31(17-21-7-9-22(27)10-8-21)24(32)19-30(25(33)28-26(2,3)4)15-14-29-12-5-6-13-29/h7-11,16H,5-6,12-15,17-19H2,1-4H3,(H,28,33). The number of benzene rings is 1. The number of thiophene rings is 1. The number of hydrogen-bond acceptors (Lipinski definition) is 4. The van der Waals surface area contributed by atoms with Gasteiger partial charge in [0.05, 0.1) is 6.54 Å². The van der Waals surface area contributed by atoms with E-state index >= 15 is 0 Å². The number of rotatable bonds is 9. The Kier molecular flexibility index (Phi) is 9.08. The Bertz CT molecular complexity index is 948. The average molecular weight is 489 g/mol. The highest BCUT2D eigenvalue weighted by molar-refractivity contribution is 7.10. The minimum atomic E-state index is -0.395. The quantitative estimate of drug-likeness (QED) is 0.560. The molecular weight excluding hydrogens is 451 g/mol. The van der Waals surface area contributed by atoms with Crippen molar-refractivity contribution in [1.29, 1.82) is 0 Å². The Morgan fingerprint density at radius 3 is 2.32 bits per heavy atom. The van der Waals surface area contributed by atoms with Gasteiger partial charge in [0.2, 0.25) is 5.91 Å². The van der Waals surface area contributed by atoms with E-state index in [0.717, 1.165) is 35.6 Å². The minimum Gasteiger partial charge on any atom is -0.333 e. The second kappa shape index (κ2) is 11.8. The molecule has 0 radical (unpaired) electrons. The number of nitrogens with zero attached hydrogens (tertiary/aromatic N) is 3. The van der Waals surface area contributed by atoms with Crippen LogP contribution >= 0.6 is 11.3 Å². The largest absolute Gasteiger partial charge is 0.333 e. The zero-order valence-electron chi connectivity index (χ0n) is 20.8. The first-order valence-electron chi connectivity index (χ1n) is 12.0. The third-order valence-corrected chi connectivity index (χ3v) is 6.93. The van der Waals surface area contributed by atoms with Crippen LogP contribution in [0.5, 0.6) is 0 Å². The fourth-order valence-electron chi connectivity index (χ4n) is 3.97. The Morgan fingerprint density at radius 2 is 1.74 bits per heavy atom. The predicted molar refractivity (Wildman–Crippen MR) is 135 cm³/mol. The average Bonchev–Trinajstić information content (AvgIpc) is 3.42. The Balaban J connectivity index is 1.75. The number of carbonyl (C=O) groups is 2. The molecule has 186 valence electrons. The summed E-state index contributed by atoms with van der Waals surface area (Å²) >= 11 is 1.61. The van der Waals surface area contributed by atoms with Gasteiger partial charge in [-0.05, 0) is 88.3 Å². The van der Waals surface area contributed by atoms with Crippen LogP contribution in [0.2, 0.25) is 0 Å². The zero-order chi connectivity index (χ0) is 24.7. The molecule has 1 aliphatic rings. The third kappa shape index (κ3) is 8.09. The molecule has 0 aliphatic carbocycles. The Labute approximate surface area is 206 Å². The van der Waals surface area contributed by atoms with Crippen molar-refractivity contribution in [2.24, 2.45) is 0 Å². The van der Waals surface area contributed by atoms with Crippen molar-refractivity contribution in [2.45, 2.75) is 59.2 Å². The number of likely N-dealkylation sites (tertiary alicyclic amines) is 1. The van der Waals surface area contributed by atoms with Gasteiger partial charge in [-0.15, -0.1) is 11.3 Å². The first-order valence-corrected chi connectivity index (χ1v) is 12.8. The molecule has 34 heavy (non-hydrogen) atoms. The molecule has 0 atom stereocenters. The van der Waals surface area contributed by atoms with Gasteiger partial charge >= 0.3 is 6.03 Å². The van der Waals surface area contributed by atoms with E-state index in [2.05, 4.69) is 10.2 Å². The molecule has 1 aromatic carbocycles. The van der Waals surface area contributed by atoms with E-state index in [9.17, 15) is 14.0 Å². The maximum atomic E-state index is 13.5. The molecule has 1 saturated heterocycles. The van der Waals surface area contributed by atoms with Crippen LogP contribution in [0, 0.1) is 12.7 Å². The molecule has 1 N–H and O–H groups in total. The van der Waals surface area contributed by atoms with Gasteiger partial charge in [0.15, 0.2) is 0 Å². The molecule has 2 heterocycles. The topological polar surface area (TPSA) is 55.9 Å². The van der Waals surface area contributed by atoms with Crippen molar-refractivity contribution < 1.29 is 14.0 Å². The summed E-state index contributed by atoms with van der Waals surface area (Å²) in [6.45, 7) is 12.0. The molecule has 8 heteroatoms. The second-order valence-corrected chi connectivity index (χ2v) is 11.1. The molecule has 0 unspecified atom stereocenters. The van der Waals surface area contributed by atoms with Crippen molar-refractivity contribution in [3.63, 3.8) is 0 Å².